The second-order valence-corrected chi connectivity index (χ2v) is 6.09. The molecule has 1 aliphatic rings. The zero-order valence-corrected chi connectivity index (χ0v) is 14.1. The summed E-state index contributed by atoms with van der Waals surface area (Å²) in [4.78, 5) is 4.90. The molecule has 0 spiro atoms. The Kier molecular flexibility index (Phi) is 4.71. The van der Waals surface area contributed by atoms with Gasteiger partial charge in [-0.05, 0) is 18.8 Å². The lowest BCUT2D eigenvalue weighted by Crippen LogP contribution is -2.46. The molecule has 1 fully saturated rings. The van der Waals surface area contributed by atoms with Crippen LogP contribution in [0.15, 0.2) is 30.3 Å². The standard InChI is InChI=1S/C16H23N5S/c1-3-19-9-11-20(12-10-19)13-21-16(22)18(2)15(17-21)14-7-5-4-6-8-14/h4-8H,3,9-13H2,1-2H3. The summed E-state index contributed by atoms with van der Waals surface area (Å²) in [5, 5.41) is 4.73. The Morgan fingerprint density at radius 1 is 1.05 bits per heavy atom. The van der Waals surface area contributed by atoms with Gasteiger partial charge in [0.25, 0.3) is 0 Å². The molecule has 0 atom stereocenters. The molecule has 1 aliphatic heterocycles. The molecule has 0 unspecified atom stereocenters. The van der Waals surface area contributed by atoms with E-state index in [1.807, 2.05) is 34.5 Å². The maximum Gasteiger partial charge on any atom is 0.199 e. The van der Waals surface area contributed by atoms with Crippen LogP contribution in [-0.4, -0.2) is 56.9 Å². The average Bonchev–Trinajstić information content (AvgIpc) is 2.85. The summed E-state index contributed by atoms with van der Waals surface area (Å²) in [5.41, 5.74) is 1.10. The van der Waals surface area contributed by atoms with E-state index in [2.05, 4.69) is 28.9 Å². The van der Waals surface area contributed by atoms with E-state index in [0.717, 1.165) is 55.6 Å². The minimum atomic E-state index is 0.775. The third-order valence-corrected chi connectivity index (χ3v) is 4.80. The van der Waals surface area contributed by atoms with Crippen molar-refractivity contribution in [2.75, 3.05) is 32.7 Å². The number of likely N-dealkylation sites (N-methyl/N-ethyl adjacent to an activating group) is 1. The third kappa shape index (κ3) is 3.14. The van der Waals surface area contributed by atoms with Crippen LogP contribution in [0.1, 0.15) is 6.92 Å². The Balaban J connectivity index is 1.77. The van der Waals surface area contributed by atoms with Crippen molar-refractivity contribution in [2.45, 2.75) is 13.6 Å². The van der Waals surface area contributed by atoms with Crippen LogP contribution in [0.3, 0.4) is 0 Å². The number of piperazine rings is 1. The smallest absolute Gasteiger partial charge is 0.199 e. The summed E-state index contributed by atoms with van der Waals surface area (Å²) >= 11 is 5.55. The Labute approximate surface area is 136 Å². The van der Waals surface area contributed by atoms with Crippen LogP contribution in [0, 0.1) is 4.77 Å². The molecule has 1 aromatic carbocycles. The minimum Gasteiger partial charge on any atom is -0.303 e. The van der Waals surface area contributed by atoms with E-state index in [1.165, 1.54) is 0 Å². The molecule has 2 aromatic rings. The van der Waals surface area contributed by atoms with E-state index in [4.69, 9.17) is 17.3 Å². The number of hydrogen-bond acceptors (Lipinski definition) is 4. The molecular formula is C16H23N5S. The lowest BCUT2D eigenvalue weighted by molar-refractivity contribution is 0.106. The SMILES string of the molecule is CCN1CCN(Cn2nc(-c3ccccc3)n(C)c2=S)CC1. The monoisotopic (exact) mass is 317 g/mol. The quantitative estimate of drug-likeness (QED) is 0.809. The van der Waals surface area contributed by atoms with Gasteiger partial charge < -0.3 is 9.47 Å². The molecule has 2 heterocycles. The summed E-state index contributed by atoms with van der Waals surface area (Å²) in [6.07, 6.45) is 0. The van der Waals surface area contributed by atoms with Gasteiger partial charge in [0.05, 0.1) is 6.67 Å². The predicted octanol–water partition coefficient (Wildman–Crippen LogP) is 2.21. The van der Waals surface area contributed by atoms with Crippen LogP contribution in [0.25, 0.3) is 11.4 Å². The molecule has 0 amide bonds. The van der Waals surface area contributed by atoms with E-state index in [1.54, 1.807) is 0 Å². The van der Waals surface area contributed by atoms with Crippen LogP contribution < -0.4 is 0 Å². The second-order valence-electron chi connectivity index (χ2n) is 5.72. The number of nitrogens with zero attached hydrogens (tertiary/aromatic N) is 5. The number of benzene rings is 1. The second kappa shape index (κ2) is 6.73. The molecule has 118 valence electrons. The molecule has 5 nitrogen and oxygen atoms in total. The zero-order chi connectivity index (χ0) is 15.5. The third-order valence-electron chi connectivity index (χ3n) is 4.32. The van der Waals surface area contributed by atoms with Gasteiger partial charge in [-0.15, -0.1) is 0 Å². The van der Waals surface area contributed by atoms with E-state index < -0.39 is 0 Å². The van der Waals surface area contributed by atoms with Gasteiger partial charge in [-0.1, -0.05) is 37.3 Å². The fraction of sp³-hybridized carbons (Fsp3) is 0.500. The van der Waals surface area contributed by atoms with Crippen LogP contribution >= 0.6 is 12.2 Å². The molecule has 22 heavy (non-hydrogen) atoms. The van der Waals surface area contributed by atoms with Gasteiger partial charge in [0.2, 0.25) is 0 Å². The maximum absolute atomic E-state index is 5.55. The van der Waals surface area contributed by atoms with Crippen LogP contribution in [0.4, 0.5) is 0 Å². The van der Waals surface area contributed by atoms with Crippen molar-refractivity contribution < 1.29 is 0 Å². The van der Waals surface area contributed by atoms with Gasteiger partial charge in [0.1, 0.15) is 0 Å². The number of aromatic nitrogens is 3. The van der Waals surface area contributed by atoms with Gasteiger partial charge in [-0.3, -0.25) is 4.90 Å². The summed E-state index contributed by atoms with van der Waals surface area (Å²) in [6.45, 7) is 8.53. The minimum absolute atomic E-state index is 0.775. The Morgan fingerprint density at radius 3 is 2.32 bits per heavy atom. The number of hydrogen-bond donors (Lipinski definition) is 0. The highest BCUT2D eigenvalue weighted by Crippen LogP contribution is 2.17. The molecular weight excluding hydrogens is 294 g/mol. The van der Waals surface area contributed by atoms with Crippen molar-refractivity contribution in [3.05, 3.63) is 35.1 Å². The van der Waals surface area contributed by atoms with Gasteiger partial charge in [-0.25, -0.2) is 4.68 Å². The van der Waals surface area contributed by atoms with Crippen molar-refractivity contribution in [1.82, 2.24) is 24.1 Å². The Bertz CT molecular complexity index is 668. The highest BCUT2D eigenvalue weighted by atomic mass is 32.1. The molecule has 1 aromatic heterocycles. The molecule has 0 bridgehead atoms. The normalized spacial score (nSPS) is 17.0. The van der Waals surface area contributed by atoms with E-state index in [9.17, 15) is 0 Å². The van der Waals surface area contributed by atoms with Crippen molar-refractivity contribution in [3.63, 3.8) is 0 Å². The Morgan fingerprint density at radius 2 is 1.68 bits per heavy atom. The topological polar surface area (TPSA) is 29.2 Å². The first-order valence-corrected chi connectivity index (χ1v) is 8.24. The van der Waals surface area contributed by atoms with Crippen molar-refractivity contribution in [3.8, 4) is 11.4 Å². The van der Waals surface area contributed by atoms with E-state index >= 15 is 0 Å². The van der Waals surface area contributed by atoms with Crippen molar-refractivity contribution in [1.29, 1.82) is 0 Å². The highest BCUT2D eigenvalue weighted by Gasteiger charge is 2.17. The fourth-order valence-corrected chi connectivity index (χ4v) is 3.04. The highest BCUT2D eigenvalue weighted by molar-refractivity contribution is 7.71. The van der Waals surface area contributed by atoms with Crippen molar-refractivity contribution >= 4 is 12.2 Å². The average molecular weight is 317 g/mol. The van der Waals surface area contributed by atoms with Crippen molar-refractivity contribution in [2.24, 2.45) is 7.05 Å². The molecule has 0 aliphatic carbocycles. The molecule has 0 saturated carbocycles. The summed E-state index contributed by atoms with van der Waals surface area (Å²) in [7, 11) is 1.99. The molecule has 0 N–H and O–H groups in total. The number of rotatable bonds is 4. The van der Waals surface area contributed by atoms with E-state index in [-0.39, 0.29) is 0 Å². The molecule has 1 saturated heterocycles. The maximum atomic E-state index is 5.55. The van der Waals surface area contributed by atoms with Crippen LogP contribution in [0.2, 0.25) is 0 Å². The van der Waals surface area contributed by atoms with Gasteiger partial charge in [0, 0.05) is 38.8 Å². The van der Waals surface area contributed by atoms with Crippen LogP contribution in [-0.2, 0) is 13.7 Å². The summed E-state index contributed by atoms with van der Waals surface area (Å²) in [6, 6.07) is 10.2. The molecule has 3 rings (SSSR count). The first-order valence-electron chi connectivity index (χ1n) is 7.83. The molecule has 6 heteroatoms. The largest absolute Gasteiger partial charge is 0.303 e. The lowest BCUT2D eigenvalue weighted by atomic mass is 10.2. The summed E-state index contributed by atoms with van der Waals surface area (Å²) < 4.78 is 4.71. The molecule has 0 radical (unpaired) electrons. The van der Waals surface area contributed by atoms with E-state index in [0.29, 0.717) is 0 Å². The fourth-order valence-electron chi connectivity index (χ4n) is 2.86. The predicted molar refractivity (Wildman–Crippen MR) is 91.2 cm³/mol. The van der Waals surface area contributed by atoms with Gasteiger partial charge >= 0.3 is 0 Å². The lowest BCUT2D eigenvalue weighted by Gasteiger charge is -2.33. The van der Waals surface area contributed by atoms with Gasteiger partial charge in [-0.2, -0.15) is 5.10 Å². The first kappa shape index (κ1) is 15.4. The van der Waals surface area contributed by atoms with Crippen LogP contribution in [0.5, 0.6) is 0 Å². The first-order chi connectivity index (χ1) is 10.7. The van der Waals surface area contributed by atoms with Gasteiger partial charge in [0.15, 0.2) is 10.6 Å². The summed E-state index contributed by atoms with van der Waals surface area (Å²) in [5.74, 6) is 0.929. The Hall–Kier alpha value is -1.50. The zero-order valence-electron chi connectivity index (χ0n) is 13.3.